The molecular formula is C20H30N4O4. The summed E-state index contributed by atoms with van der Waals surface area (Å²) in [5.74, 6) is 1.07. The zero-order valence-electron chi connectivity index (χ0n) is 16.9. The maximum atomic E-state index is 12.0. The lowest BCUT2D eigenvalue weighted by molar-refractivity contribution is -0.149. The number of benzene rings is 1. The average Bonchev–Trinajstić information content (AvgIpc) is 2.68. The number of esters is 1. The van der Waals surface area contributed by atoms with Crippen LogP contribution >= 0.6 is 0 Å². The van der Waals surface area contributed by atoms with E-state index in [1.165, 1.54) is 6.92 Å². The molecule has 2 rings (SSSR count). The summed E-state index contributed by atoms with van der Waals surface area (Å²) in [4.78, 5) is 29.6. The molecule has 154 valence electrons. The van der Waals surface area contributed by atoms with Gasteiger partial charge in [0.05, 0.1) is 19.1 Å². The number of piperidine rings is 1. The van der Waals surface area contributed by atoms with Crippen LogP contribution in [0.3, 0.4) is 0 Å². The molecule has 2 N–H and O–H groups in total. The highest BCUT2D eigenvalue weighted by molar-refractivity contribution is 5.88. The Morgan fingerprint density at radius 2 is 2.18 bits per heavy atom. The molecule has 8 nitrogen and oxygen atoms in total. The topological polar surface area (TPSA) is 92.3 Å². The Balaban J connectivity index is 1.79. The third-order valence-electron chi connectivity index (χ3n) is 4.36. The average molecular weight is 390 g/mol. The van der Waals surface area contributed by atoms with E-state index in [-0.39, 0.29) is 17.8 Å². The number of rotatable bonds is 7. The molecule has 1 atom stereocenters. The molecule has 1 aromatic rings. The minimum Gasteiger partial charge on any atom is -0.492 e. The van der Waals surface area contributed by atoms with E-state index in [1.807, 2.05) is 25.1 Å². The molecule has 0 bridgehead atoms. The molecule has 1 aliphatic rings. The van der Waals surface area contributed by atoms with Crippen LogP contribution < -0.4 is 15.4 Å². The van der Waals surface area contributed by atoms with Crippen LogP contribution in [0.2, 0.25) is 0 Å². The van der Waals surface area contributed by atoms with Crippen LogP contribution in [0.15, 0.2) is 29.3 Å². The Kier molecular flexibility index (Phi) is 8.58. The standard InChI is InChI=1S/C20H30N4O4/c1-4-27-19(26)16-7-6-11-24(14-16)20(21-3)22-10-12-28-18-9-5-8-17(13-18)23-15(2)25/h5,8-9,13,16H,4,6-7,10-12,14H2,1-3H3,(H,21,22)(H,23,25). The molecule has 0 aromatic heterocycles. The van der Waals surface area contributed by atoms with Crippen LogP contribution in [0.4, 0.5) is 5.69 Å². The molecule has 0 saturated carbocycles. The molecule has 1 amide bonds. The van der Waals surface area contributed by atoms with Gasteiger partial charge in [0.25, 0.3) is 0 Å². The predicted octanol–water partition coefficient (Wildman–Crippen LogP) is 1.87. The summed E-state index contributed by atoms with van der Waals surface area (Å²) >= 11 is 0. The highest BCUT2D eigenvalue weighted by atomic mass is 16.5. The van der Waals surface area contributed by atoms with Gasteiger partial charge in [-0.25, -0.2) is 0 Å². The minimum absolute atomic E-state index is 0.111. The first-order valence-corrected chi connectivity index (χ1v) is 9.66. The van der Waals surface area contributed by atoms with Gasteiger partial charge in [-0.1, -0.05) is 6.07 Å². The molecular weight excluding hydrogens is 360 g/mol. The Labute approximate surface area is 166 Å². The van der Waals surface area contributed by atoms with Gasteiger partial charge < -0.3 is 25.0 Å². The van der Waals surface area contributed by atoms with Crippen molar-refractivity contribution in [3.05, 3.63) is 24.3 Å². The first-order valence-electron chi connectivity index (χ1n) is 9.66. The summed E-state index contributed by atoms with van der Waals surface area (Å²) in [5.41, 5.74) is 0.701. The van der Waals surface area contributed by atoms with Gasteiger partial charge in [-0.05, 0) is 31.9 Å². The second kappa shape index (κ2) is 11.2. The largest absolute Gasteiger partial charge is 0.492 e. The van der Waals surface area contributed by atoms with Gasteiger partial charge in [0.2, 0.25) is 5.91 Å². The Hall–Kier alpha value is -2.77. The van der Waals surface area contributed by atoms with Crippen LogP contribution in [-0.2, 0) is 14.3 Å². The number of ether oxygens (including phenoxy) is 2. The third-order valence-corrected chi connectivity index (χ3v) is 4.36. The maximum absolute atomic E-state index is 12.0. The number of nitrogens with zero attached hydrogens (tertiary/aromatic N) is 2. The van der Waals surface area contributed by atoms with Crippen molar-refractivity contribution >= 4 is 23.5 Å². The number of nitrogens with one attached hydrogen (secondary N) is 2. The molecule has 0 aliphatic carbocycles. The first kappa shape index (κ1) is 21.5. The second-order valence-electron chi connectivity index (χ2n) is 6.57. The number of likely N-dealkylation sites (tertiary alicyclic amines) is 1. The number of carbonyl (C=O) groups excluding carboxylic acids is 2. The van der Waals surface area contributed by atoms with Crippen molar-refractivity contribution < 1.29 is 19.1 Å². The fourth-order valence-electron chi connectivity index (χ4n) is 3.15. The number of hydrogen-bond donors (Lipinski definition) is 2. The molecule has 1 unspecified atom stereocenters. The maximum Gasteiger partial charge on any atom is 0.310 e. The molecule has 1 aromatic carbocycles. The minimum atomic E-state index is -0.134. The molecule has 0 radical (unpaired) electrons. The lowest BCUT2D eigenvalue weighted by atomic mass is 9.98. The lowest BCUT2D eigenvalue weighted by Crippen LogP contribution is -2.49. The molecule has 1 saturated heterocycles. The normalized spacial score (nSPS) is 17.0. The fraction of sp³-hybridized carbons (Fsp3) is 0.550. The predicted molar refractivity (Wildman–Crippen MR) is 109 cm³/mol. The van der Waals surface area contributed by atoms with Crippen molar-refractivity contribution in [3.63, 3.8) is 0 Å². The van der Waals surface area contributed by atoms with Crippen molar-refractivity contribution in [1.82, 2.24) is 10.2 Å². The summed E-state index contributed by atoms with van der Waals surface area (Å²) < 4.78 is 10.9. The smallest absolute Gasteiger partial charge is 0.310 e. The third kappa shape index (κ3) is 6.75. The lowest BCUT2D eigenvalue weighted by Gasteiger charge is -2.33. The number of carbonyl (C=O) groups is 2. The van der Waals surface area contributed by atoms with Crippen LogP contribution in [0.1, 0.15) is 26.7 Å². The summed E-state index contributed by atoms with van der Waals surface area (Å²) in [7, 11) is 1.73. The molecule has 8 heteroatoms. The highest BCUT2D eigenvalue weighted by Crippen LogP contribution is 2.18. The van der Waals surface area contributed by atoms with E-state index in [2.05, 4.69) is 20.5 Å². The zero-order chi connectivity index (χ0) is 20.4. The van der Waals surface area contributed by atoms with Gasteiger partial charge in [-0.2, -0.15) is 0 Å². The summed E-state index contributed by atoms with van der Waals surface area (Å²) in [6.45, 7) is 6.17. The van der Waals surface area contributed by atoms with E-state index in [0.717, 1.165) is 25.3 Å². The van der Waals surface area contributed by atoms with Crippen LogP contribution in [0.5, 0.6) is 5.75 Å². The van der Waals surface area contributed by atoms with E-state index in [4.69, 9.17) is 9.47 Å². The second-order valence-corrected chi connectivity index (χ2v) is 6.57. The fourth-order valence-corrected chi connectivity index (χ4v) is 3.15. The molecule has 1 aliphatic heterocycles. The number of guanidine groups is 1. The van der Waals surface area contributed by atoms with Crippen molar-refractivity contribution in [2.24, 2.45) is 10.9 Å². The summed E-state index contributed by atoms with van der Waals surface area (Å²) in [6.07, 6.45) is 1.77. The van der Waals surface area contributed by atoms with Crippen molar-refractivity contribution in [2.75, 3.05) is 45.2 Å². The molecule has 1 fully saturated rings. The number of aliphatic imine (C=N–C) groups is 1. The van der Waals surface area contributed by atoms with E-state index in [9.17, 15) is 9.59 Å². The van der Waals surface area contributed by atoms with Crippen molar-refractivity contribution in [3.8, 4) is 5.75 Å². The van der Waals surface area contributed by atoms with Gasteiger partial charge >= 0.3 is 5.97 Å². The van der Waals surface area contributed by atoms with Crippen molar-refractivity contribution in [1.29, 1.82) is 0 Å². The van der Waals surface area contributed by atoms with Gasteiger partial charge in [0, 0.05) is 38.8 Å². The van der Waals surface area contributed by atoms with Crippen LogP contribution in [0.25, 0.3) is 0 Å². The van der Waals surface area contributed by atoms with Crippen molar-refractivity contribution in [2.45, 2.75) is 26.7 Å². The van der Waals surface area contributed by atoms with Crippen LogP contribution in [-0.4, -0.2) is 62.6 Å². The number of anilines is 1. The summed E-state index contributed by atoms with van der Waals surface area (Å²) in [6, 6.07) is 7.26. The highest BCUT2D eigenvalue weighted by Gasteiger charge is 2.28. The quantitative estimate of drug-likeness (QED) is 0.320. The number of hydrogen-bond acceptors (Lipinski definition) is 5. The summed E-state index contributed by atoms with van der Waals surface area (Å²) in [5, 5.41) is 6.01. The van der Waals surface area contributed by atoms with Gasteiger partial charge in [-0.3, -0.25) is 14.6 Å². The van der Waals surface area contributed by atoms with E-state index >= 15 is 0 Å². The monoisotopic (exact) mass is 390 g/mol. The Bertz CT molecular complexity index is 693. The van der Waals surface area contributed by atoms with Gasteiger partial charge in [0.15, 0.2) is 5.96 Å². The SMILES string of the molecule is CCOC(=O)C1CCCN(C(=NC)NCCOc2cccc(NC(C)=O)c2)C1. The molecule has 28 heavy (non-hydrogen) atoms. The first-order chi connectivity index (χ1) is 13.5. The van der Waals surface area contributed by atoms with E-state index in [1.54, 1.807) is 13.1 Å². The Morgan fingerprint density at radius 3 is 2.89 bits per heavy atom. The van der Waals surface area contributed by atoms with E-state index in [0.29, 0.717) is 37.7 Å². The molecule has 1 heterocycles. The Morgan fingerprint density at radius 1 is 1.36 bits per heavy atom. The van der Waals surface area contributed by atoms with Gasteiger partial charge in [0.1, 0.15) is 12.4 Å². The molecule has 0 spiro atoms. The van der Waals surface area contributed by atoms with E-state index < -0.39 is 0 Å². The zero-order valence-corrected chi connectivity index (χ0v) is 16.9. The number of amides is 1. The van der Waals surface area contributed by atoms with Gasteiger partial charge in [-0.15, -0.1) is 0 Å². The van der Waals surface area contributed by atoms with Crippen LogP contribution in [0, 0.1) is 5.92 Å².